The molecule has 0 heterocycles. The lowest BCUT2D eigenvalue weighted by Crippen LogP contribution is -2.16. The SMILES string of the molecule is CC1(C)c2ccccc2-c2ccc(N(c3ccc(-c4ccccc4-c4cccc5c4C(C)(C)c4ccccc4-5)cc3)c3ccc4ccccc4c3)cc21. The van der Waals surface area contributed by atoms with Gasteiger partial charge in [-0.2, -0.15) is 0 Å². The Morgan fingerprint density at radius 1 is 0.321 bits per heavy atom. The van der Waals surface area contributed by atoms with Crippen LogP contribution in [0.5, 0.6) is 0 Å². The summed E-state index contributed by atoms with van der Waals surface area (Å²) in [6.45, 7) is 9.46. The van der Waals surface area contributed by atoms with E-state index < -0.39 is 0 Å². The Kier molecular flexibility index (Phi) is 6.94. The van der Waals surface area contributed by atoms with E-state index in [2.05, 4.69) is 209 Å². The summed E-state index contributed by atoms with van der Waals surface area (Å²) in [5.74, 6) is 0. The molecule has 0 amide bonds. The molecular formula is C52H41N. The molecule has 1 heteroatoms. The van der Waals surface area contributed by atoms with Gasteiger partial charge in [-0.15, -0.1) is 0 Å². The number of rotatable bonds is 5. The van der Waals surface area contributed by atoms with Gasteiger partial charge in [0, 0.05) is 27.9 Å². The smallest absolute Gasteiger partial charge is 0.0468 e. The second kappa shape index (κ2) is 11.7. The summed E-state index contributed by atoms with van der Waals surface area (Å²) in [6, 6.07) is 65.2. The molecule has 0 radical (unpaired) electrons. The van der Waals surface area contributed by atoms with Crippen LogP contribution in [-0.2, 0) is 10.8 Å². The van der Waals surface area contributed by atoms with E-state index in [9.17, 15) is 0 Å². The Balaban J connectivity index is 1.09. The van der Waals surface area contributed by atoms with Gasteiger partial charge in [0.25, 0.3) is 0 Å². The van der Waals surface area contributed by atoms with Crippen molar-refractivity contribution in [2.75, 3.05) is 4.90 Å². The molecule has 2 aliphatic carbocycles. The molecule has 0 saturated carbocycles. The zero-order valence-corrected chi connectivity index (χ0v) is 30.7. The van der Waals surface area contributed by atoms with Gasteiger partial charge in [-0.25, -0.2) is 0 Å². The van der Waals surface area contributed by atoms with Gasteiger partial charge in [0.2, 0.25) is 0 Å². The third-order valence-electron chi connectivity index (χ3n) is 12.1. The highest BCUT2D eigenvalue weighted by molar-refractivity contribution is 5.94. The maximum absolute atomic E-state index is 2.42. The first-order valence-corrected chi connectivity index (χ1v) is 18.8. The van der Waals surface area contributed by atoms with Crippen LogP contribution in [0.1, 0.15) is 49.9 Å². The molecule has 0 fully saturated rings. The third-order valence-corrected chi connectivity index (χ3v) is 12.1. The van der Waals surface area contributed by atoms with E-state index in [0.717, 1.165) is 17.1 Å². The molecule has 0 aliphatic heterocycles. The summed E-state index contributed by atoms with van der Waals surface area (Å²) >= 11 is 0. The quantitative estimate of drug-likeness (QED) is 0.175. The molecule has 10 rings (SSSR count). The van der Waals surface area contributed by atoms with Crippen LogP contribution in [0.15, 0.2) is 176 Å². The predicted octanol–water partition coefficient (Wildman–Crippen LogP) is 14.3. The van der Waals surface area contributed by atoms with E-state index >= 15 is 0 Å². The molecular weight excluding hydrogens is 639 g/mol. The first-order chi connectivity index (χ1) is 25.8. The molecule has 0 atom stereocenters. The van der Waals surface area contributed by atoms with Crippen molar-refractivity contribution in [1.29, 1.82) is 0 Å². The Bertz CT molecular complexity index is 2730. The van der Waals surface area contributed by atoms with E-state index in [1.165, 1.54) is 77.5 Å². The summed E-state index contributed by atoms with van der Waals surface area (Å²) in [5, 5.41) is 2.47. The van der Waals surface area contributed by atoms with Crippen molar-refractivity contribution >= 4 is 27.8 Å². The minimum Gasteiger partial charge on any atom is -0.310 e. The van der Waals surface area contributed by atoms with E-state index in [4.69, 9.17) is 0 Å². The van der Waals surface area contributed by atoms with Crippen molar-refractivity contribution in [2.45, 2.75) is 38.5 Å². The van der Waals surface area contributed by atoms with Gasteiger partial charge in [-0.05, 0) is 114 Å². The molecule has 1 nitrogen and oxygen atoms in total. The Morgan fingerprint density at radius 3 is 1.55 bits per heavy atom. The van der Waals surface area contributed by atoms with Crippen LogP contribution < -0.4 is 4.90 Å². The summed E-state index contributed by atoms with van der Waals surface area (Å²) < 4.78 is 0. The van der Waals surface area contributed by atoms with Gasteiger partial charge < -0.3 is 4.90 Å². The molecule has 254 valence electrons. The highest BCUT2D eigenvalue weighted by atomic mass is 15.1. The first kappa shape index (κ1) is 31.5. The normalized spacial score (nSPS) is 14.3. The summed E-state index contributed by atoms with van der Waals surface area (Å²) in [7, 11) is 0. The van der Waals surface area contributed by atoms with Crippen LogP contribution >= 0.6 is 0 Å². The van der Waals surface area contributed by atoms with Crippen molar-refractivity contribution < 1.29 is 0 Å². The lowest BCUT2D eigenvalue weighted by Gasteiger charge is -2.28. The number of nitrogens with zero attached hydrogens (tertiary/aromatic N) is 1. The topological polar surface area (TPSA) is 3.24 Å². The summed E-state index contributed by atoms with van der Waals surface area (Å²) in [6.07, 6.45) is 0. The summed E-state index contributed by atoms with van der Waals surface area (Å²) in [5.41, 5.74) is 19.2. The molecule has 8 aromatic carbocycles. The fourth-order valence-electron chi connectivity index (χ4n) is 9.43. The molecule has 0 spiro atoms. The van der Waals surface area contributed by atoms with Crippen molar-refractivity contribution in [3.05, 3.63) is 198 Å². The lowest BCUT2D eigenvalue weighted by atomic mass is 9.78. The lowest BCUT2D eigenvalue weighted by molar-refractivity contribution is 0.660. The minimum atomic E-state index is -0.0916. The third kappa shape index (κ3) is 4.77. The number of benzene rings is 8. The molecule has 2 aliphatic rings. The Hall–Kier alpha value is -6.18. The fraction of sp³-hybridized carbons (Fsp3) is 0.115. The van der Waals surface area contributed by atoms with Gasteiger partial charge in [0.05, 0.1) is 0 Å². The van der Waals surface area contributed by atoms with Crippen molar-refractivity contribution in [1.82, 2.24) is 0 Å². The van der Waals surface area contributed by atoms with Crippen molar-refractivity contribution in [3.63, 3.8) is 0 Å². The Labute approximate surface area is 312 Å². The van der Waals surface area contributed by atoms with Gasteiger partial charge >= 0.3 is 0 Å². The maximum Gasteiger partial charge on any atom is 0.0468 e. The van der Waals surface area contributed by atoms with Crippen LogP contribution in [0.3, 0.4) is 0 Å². The number of hydrogen-bond acceptors (Lipinski definition) is 1. The van der Waals surface area contributed by atoms with Crippen molar-refractivity contribution in [2.24, 2.45) is 0 Å². The fourth-order valence-corrected chi connectivity index (χ4v) is 9.43. The zero-order valence-electron chi connectivity index (χ0n) is 30.7. The molecule has 8 aromatic rings. The van der Waals surface area contributed by atoms with Gasteiger partial charge in [0.15, 0.2) is 0 Å². The first-order valence-electron chi connectivity index (χ1n) is 18.8. The number of anilines is 3. The standard InChI is InChI=1S/C52H41N/c1-51(2)47-22-11-9-18-42(47)44-31-30-39(33-49(44)51)53(38-29-24-34-14-5-6-15-36(34)32-38)37-27-25-35(26-28-37)40-16-7-8-17-41(40)45-20-13-21-46-43-19-10-12-23-48(43)52(3,4)50(45)46/h5-33H,1-4H3. The molecule has 0 N–H and O–H groups in total. The van der Waals surface area contributed by atoms with E-state index in [0.29, 0.717) is 0 Å². The maximum atomic E-state index is 2.42. The van der Waals surface area contributed by atoms with Gasteiger partial charge in [-0.3, -0.25) is 0 Å². The second-order valence-corrected chi connectivity index (χ2v) is 15.8. The molecule has 0 aromatic heterocycles. The van der Waals surface area contributed by atoms with Crippen LogP contribution in [-0.4, -0.2) is 0 Å². The summed E-state index contributed by atoms with van der Waals surface area (Å²) in [4.78, 5) is 2.42. The number of fused-ring (bicyclic) bond motifs is 7. The van der Waals surface area contributed by atoms with Crippen LogP contribution in [0.4, 0.5) is 17.1 Å². The van der Waals surface area contributed by atoms with Gasteiger partial charge in [-0.1, -0.05) is 167 Å². The largest absolute Gasteiger partial charge is 0.310 e. The molecule has 0 bridgehead atoms. The highest BCUT2D eigenvalue weighted by Crippen LogP contribution is 2.54. The molecule has 0 unspecified atom stereocenters. The minimum absolute atomic E-state index is 0.0852. The molecule has 53 heavy (non-hydrogen) atoms. The predicted molar refractivity (Wildman–Crippen MR) is 225 cm³/mol. The van der Waals surface area contributed by atoms with Crippen LogP contribution in [0.2, 0.25) is 0 Å². The van der Waals surface area contributed by atoms with Crippen molar-refractivity contribution in [3.8, 4) is 44.5 Å². The molecule has 0 saturated heterocycles. The Morgan fingerprint density at radius 2 is 0.811 bits per heavy atom. The number of hydrogen-bond donors (Lipinski definition) is 0. The van der Waals surface area contributed by atoms with E-state index in [-0.39, 0.29) is 10.8 Å². The van der Waals surface area contributed by atoms with E-state index in [1.807, 2.05) is 0 Å². The second-order valence-electron chi connectivity index (χ2n) is 15.8. The van der Waals surface area contributed by atoms with Crippen LogP contribution in [0, 0.1) is 0 Å². The van der Waals surface area contributed by atoms with Crippen LogP contribution in [0.25, 0.3) is 55.3 Å². The average Bonchev–Trinajstić information content (AvgIpc) is 3.58. The average molecular weight is 680 g/mol. The van der Waals surface area contributed by atoms with E-state index in [1.54, 1.807) is 0 Å². The monoisotopic (exact) mass is 679 g/mol. The van der Waals surface area contributed by atoms with Gasteiger partial charge in [0.1, 0.15) is 0 Å². The zero-order chi connectivity index (χ0) is 35.9. The highest BCUT2D eigenvalue weighted by Gasteiger charge is 2.38.